The summed E-state index contributed by atoms with van der Waals surface area (Å²) in [5.41, 5.74) is 0. The molecule has 0 saturated heterocycles. The standard InChI is InChI=1S/C13H22N2O2/c1-11(2)17-13(16)7-5-4-6-9-15-10-8-14-12(15)3/h8,10-11H,4-7,9H2,1-3H3. The molecule has 1 aromatic rings. The number of carbonyl (C=O) groups is 1. The van der Waals surface area contributed by atoms with Crippen LogP contribution >= 0.6 is 0 Å². The number of hydrogen-bond acceptors (Lipinski definition) is 3. The summed E-state index contributed by atoms with van der Waals surface area (Å²) in [6.07, 6.45) is 7.35. The van der Waals surface area contributed by atoms with Crippen LogP contribution in [0, 0.1) is 6.92 Å². The van der Waals surface area contributed by atoms with E-state index in [0.29, 0.717) is 6.42 Å². The maximum absolute atomic E-state index is 11.3. The first-order valence-corrected chi connectivity index (χ1v) is 6.27. The van der Waals surface area contributed by atoms with Crippen LogP contribution in [0.1, 0.15) is 45.4 Å². The highest BCUT2D eigenvalue weighted by Crippen LogP contribution is 2.05. The summed E-state index contributed by atoms with van der Waals surface area (Å²) in [7, 11) is 0. The summed E-state index contributed by atoms with van der Waals surface area (Å²) < 4.78 is 7.20. The molecule has 1 heterocycles. The highest BCUT2D eigenvalue weighted by Gasteiger charge is 2.04. The maximum atomic E-state index is 11.3. The highest BCUT2D eigenvalue weighted by molar-refractivity contribution is 5.69. The molecule has 0 radical (unpaired) electrons. The molecule has 0 atom stereocenters. The summed E-state index contributed by atoms with van der Waals surface area (Å²) >= 11 is 0. The van der Waals surface area contributed by atoms with Gasteiger partial charge in [0.25, 0.3) is 0 Å². The van der Waals surface area contributed by atoms with Crippen molar-refractivity contribution >= 4 is 5.97 Å². The van der Waals surface area contributed by atoms with Crippen LogP contribution in [0.25, 0.3) is 0 Å². The molecule has 0 aromatic carbocycles. The molecule has 4 heteroatoms. The average molecular weight is 238 g/mol. The van der Waals surface area contributed by atoms with Crippen molar-refractivity contribution in [3.05, 3.63) is 18.2 Å². The minimum Gasteiger partial charge on any atom is -0.463 e. The molecular formula is C13H22N2O2. The second-order valence-corrected chi connectivity index (χ2v) is 4.52. The van der Waals surface area contributed by atoms with Gasteiger partial charge < -0.3 is 9.30 Å². The largest absolute Gasteiger partial charge is 0.463 e. The van der Waals surface area contributed by atoms with Gasteiger partial charge in [0.1, 0.15) is 5.82 Å². The summed E-state index contributed by atoms with van der Waals surface area (Å²) in [6, 6.07) is 0. The third-order valence-electron chi connectivity index (χ3n) is 2.57. The van der Waals surface area contributed by atoms with E-state index in [1.807, 2.05) is 33.2 Å². The molecule has 0 aliphatic heterocycles. The van der Waals surface area contributed by atoms with Crippen LogP contribution in [-0.2, 0) is 16.1 Å². The van der Waals surface area contributed by atoms with Gasteiger partial charge in [0.15, 0.2) is 0 Å². The fourth-order valence-corrected chi connectivity index (χ4v) is 1.69. The smallest absolute Gasteiger partial charge is 0.306 e. The molecule has 0 aliphatic carbocycles. The number of unbranched alkanes of at least 4 members (excludes halogenated alkanes) is 2. The molecule has 0 aliphatic rings. The van der Waals surface area contributed by atoms with Crippen molar-refractivity contribution in [2.45, 2.75) is 59.1 Å². The Morgan fingerprint density at radius 2 is 2.18 bits per heavy atom. The maximum Gasteiger partial charge on any atom is 0.306 e. The Labute approximate surface area is 103 Å². The van der Waals surface area contributed by atoms with Crippen molar-refractivity contribution in [2.24, 2.45) is 0 Å². The first-order valence-electron chi connectivity index (χ1n) is 6.27. The predicted octanol–water partition coefficient (Wildman–Crippen LogP) is 2.70. The van der Waals surface area contributed by atoms with Gasteiger partial charge >= 0.3 is 5.97 Å². The normalized spacial score (nSPS) is 10.8. The molecule has 0 bridgehead atoms. The van der Waals surface area contributed by atoms with Crippen LogP contribution < -0.4 is 0 Å². The van der Waals surface area contributed by atoms with Gasteiger partial charge in [0.2, 0.25) is 0 Å². The third kappa shape index (κ3) is 5.52. The van der Waals surface area contributed by atoms with Crippen molar-refractivity contribution in [1.82, 2.24) is 9.55 Å². The lowest BCUT2D eigenvalue weighted by Crippen LogP contribution is -2.10. The second kappa shape index (κ2) is 7.09. The van der Waals surface area contributed by atoms with Gasteiger partial charge in [-0.25, -0.2) is 4.98 Å². The average Bonchev–Trinajstić information content (AvgIpc) is 2.63. The van der Waals surface area contributed by atoms with Crippen molar-refractivity contribution in [1.29, 1.82) is 0 Å². The Hall–Kier alpha value is -1.32. The topological polar surface area (TPSA) is 44.1 Å². The molecule has 0 fully saturated rings. The van der Waals surface area contributed by atoms with E-state index < -0.39 is 0 Å². The van der Waals surface area contributed by atoms with Crippen LogP contribution in [0.2, 0.25) is 0 Å². The van der Waals surface area contributed by atoms with Gasteiger partial charge in [0, 0.05) is 25.4 Å². The zero-order valence-electron chi connectivity index (χ0n) is 11.0. The molecule has 0 N–H and O–H groups in total. The quantitative estimate of drug-likeness (QED) is 0.542. The number of aryl methyl sites for hydroxylation is 2. The monoisotopic (exact) mass is 238 g/mol. The molecule has 0 unspecified atom stereocenters. The van der Waals surface area contributed by atoms with Crippen LogP contribution in [0.4, 0.5) is 0 Å². The predicted molar refractivity (Wildman–Crippen MR) is 66.7 cm³/mol. The number of imidazole rings is 1. The first kappa shape index (κ1) is 13.7. The van der Waals surface area contributed by atoms with E-state index in [0.717, 1.165) is 31.6 Å². The summed E-state index contributed by atoms with van der Waals surface area (Å²) in [6.45, 7) is 6.73. The van der Waals surface area contributed by atoms with Gasteiger partial charge in [-0.1, -0.05) is 6.42 Å². The van der Waals surface area contributed by atoms with Crippen LogP contribution in [0.3, 0.4) is 0 Å². The lowest BCUT2D eigenvalue weighted by molar-refractivity contribution is -0.147. The van der Waals surface area contributed by atoms with E-state index in [-0.39, 0.29) is 12.1 Å². The van der Waals surface area contributed by atoms with Gasteiger partial charge in [-0.05, 0) is 33.6 Å². The van der Waals surface area contributed by atoms with Crippen molar-refractivity contribution in [3.63, 3.8) is 0 Å². The summed E-state index contributed by atoms with van der Waals surface area (Å²) in [5.74, 6) is 0.961. The number of rotatable bonds is 7. The molecule has 0 amide bonds. The fourth-order valence-electron chi connectivity index (χ4n) is 1.69. The molecule has 1 aromatic heterocycles. The van der Waals surface area contributed by atoms with Crippen LogP contribution in [0.15, 0.2) is 12.4 Å². The van der Waals surface area contributed by atoms with E-state index in [1.54, 1.807) is 0 Å². The second-order valence-electron chi connectivity index (χ2n) is 4.52. The fraction of sp³-hybridized carbons (Fsp3) is 0.692. The minimum atomic E-state index is -0.0844. The van der Waals surface area contributed by atoms with Gasteiger partial charge in [-0.15, -0.1) is 0 Å². The van der Waals surface area contributed by atoms with E-state index >= 15 is 0 Å². The number of ether oxygens (including phenoxy) is 1. The van der Waals surface area contributed by atoms with E-state index in [1.165, 1.54) is 0 Å². The number of nitrogens with zero attached hydrogens (tertiary/aromatic N) is 2. The van der Waals surface area contributed by atoms with Crippen molar-refractivity contribution in [3.8, 4) is 0 Å². The van der Waals surface area contributed by atoms with Crippen LogP contribution in [0.5, 0.6) is 0 Å². The third-order valence-corrected chi connectivity index (χ3v) is 2.57. The van der Waals surface area contributed by atoms with E-state index in [9.17, 15) is 4.79 Å². The zero-order chi connectivity index (χ0) is 12.7. The molecule has 96 valence electrons. The SMILES string of the molecule is Cc1nccn1CCCCCC(=O)OC(C)C. The zero-order valence-corrected chi connectivity index (χ0v) is 11.0. The highest BCUT2D eigenvalue weighted by atomic mass is 16.5. The van der Waals surface area contributed by atoms with Crippen molar-refractivity contribution < 1.29 is 9.53 Å². The molecule has 0 saturated carbocycles. The molecule has 0 spiro atoms. The molecule has 1 rings (SSSR count). The van der Waals surface area contributed by atoms with Gasteiger partial charge in [0.05, 0.1) is 6.10 Å². The number of esters is 1. The number of aromatic nitrogens is 2. The van der Waals surface area contributed by atoms with Gasteiger partial charge in [-0.2, -0.15) is 0 Å². The number of carbonyl (C=O) groups excluding carboxylic acids is 1. The Morgan fingerprint density at radius 3 is 2.76 bits per heavy atom. The summed E-state index contributed by atoms with van der Waals surface area (Å²) in [4.78, 5) is 15.4. The van der Waals surface area contributed by atoms with E-state index in [4.69, 9.17) is 4.74 Å². The molecule has 4 nitrogen and oxygen atoms in total. The Bertz CT molecular complexity index is 345. The lowest BCUT2D eigenvalue weighted by Gasteiger charge is -2.08. The number of hydrogen-bond donors (Lipinski definition) is 0. The molecular weight excluding hydrogens is 216 g/mol. The Balaban J connectivity index is 2.05. The van der Waals surface area contributed by atoms with E-state index in [2.05, 4.69) is 9.55 Å². The molecule has 17 heavy (non-hydrogen) atoms. The Morgan fingerprint density at radius 1 is 1.41 bits per heavy atom. The minimum absolute atomic E-state index is 0.00361. The van der Waals surface area contributed by atoms with Crippen molar-refractivity contribution in [2.75, 3.05) is 0 Å². The Kier molecular flexibility index (Phi) is 5.73. The van der Waals surface area contributed by atoms with Crippen LogP contribution in [-0.4, -0.2) is 21.6 Å². The lowest BCUT2D eigenvalue weighted by atomic mass is 10.2. The van der Waals surface area contributed by atoms with Gasteiger partial charge in [-0.3, -0.25) is 4.79 Å². The first-order chi connectivity index (χ1) is 8.09. The summed E-state index contributed by atoms with van der Waals surface area (Å²) in [5, 5.41) is 0.